The van der Waals surface area contributed by atoms with Crippen molar-refractivity contribution in [2.24, 2.45) is 5.73 Å². The molecule has 28 heavy (non-hydrogen) atoms. The fourth-order valence-corrected chi connectivity index (χ4v) is 3.80. The van der Waals surface area contributed by atoms with E-state index in [1.807, 2.05) is 0 Å². The van der Waals surface area contributed by atoms with Gasteiger partial charge in [0.1, 0.15) is 18.2 Å². The van der Waals surface area contributed by atoms with E-state index in [0.717, 1.165) is 37.0 Å². The van der Waals surface area contributed by atoms with Gasteiger partial charge in [-0.1, -0.05) is 25.3 Å². The summed E-state index contributed by atoms with van der Waals surface area (Å²) in [6.07, 6.45) is 3.79. The van der Waals surface area contributed by atoms with Crippen molar-refractivity contribution in [2.45, 2.75) is 63.4 Å². The molecule has 3 rings (SSSR count). The molecule has 154 valence electrons. The minimum absolute atomic E-state index is 0.258. The van der Waals surface area contributed by atoms with Crippen molar-refractivity contribution in [1.29, 1.82) is 0 Å². The molecule has 0 radical (unpaired) electrons. The van der Waals surface area contributed by atoms with E-state index in [-0.39, 0.29) is 5.56 Å². The summed E-state index contributed by atoms with van der Waals surface area (Å²) < 4.78 is 5.81. The van der Waals surface area contributed by atoms with Crippen LogP contribution in [0, 0.1) is 0 Å². The topological polar surface area (TPSA) is 125 Å². The van der Waals surface area contributed by atoms with Gasteiger partial charge in [-0.25, -0.2) is 0 Å². The quantitative estimate of drug-likeness (QED) is 0.365. The fraction of sp³-hybridized carbons (Fsp3) is 0.600. The van der Waals surface area contributed by atoms with Crippen molar-refractivity contribution in [3.63, 3.8) is 0 Å². The van der Waals surface area contributed by atoms with E-state index in [4.69, 9.17) is 10.5 Å². The SMILES string of the molecule is NCCCCCCCOc1cccc2c1C(=O)N(C1CCC(O)NC1O)C2=O. The summed E-state index contributed by atoms with van der Waals surface area (Å²) in [6.45, 7) is 1.18. The second-order valence-electron chi connectivity index (χ2n) is 7.34. The number of carbonyl (C=O) groups is 2. The first-order valence-electron chi connectivity index (χ1n) is 10.0. The number of nitrogens with two attached hydrogens (primary N) is 1. The number of imide groups is 1. The van der Waals surface area contributed by atoms with Crippen molar-refractivity contribution in [3.8, 4) is 5.75 Å². The van der Waals surface area contributed by atoms with Gasteiger partial charge in [-0.3, -0.25) is 19.8 Å². The molecule has 1 aromatic rings. The van der Waals surface area contributed by atoms with Crippen LogP contribution in [0.3, 0.4) is 0 Å². The maximum Gasteiger partial charge on any atom is 0.265 e. The Morgan fingerprint density at radius 3 is 2.57 bits per heavy atom. The first kappa shape index (κ1) is 20.7. The zero-order chi connectivity index (χ0) is 20.1. The Morgan fingerprint density at radius 2 is 1.82 bits per heavy atom. The fourth-order valence-electron chi connectivity index (χ4n) is 3.80. The highest BCUT2D eigenvalue weighted by Gasteiger charge is 2.45. The van der Waals surface area contributed by atoms with E-state index < -0.39 is 30.3 Å². The molecule has 1 saturated heterocycles. The molecule has 0 bridgehead atoms. The van der Waals surface area contributed by atoms with Crippen molar-refractivity contribution in [3.05, 3.63) is 29.3 Å². The number of hydrogen-bond acceptors (Lipinski definition) is 7. The van der Waals surface area contributed by atoms with E-state index in [1.165, 1.54) is 0 Å². The number of fused-ring (bicyclic) bond motifs is 1. The van der Waals surface area contributed by atoms with Gasteiger partial charge in [0.2, 0.25) is 0 Å². The number of unbranched alkanes of at least 4 members (excludes halogenated alkanes) is 4. The summed E-state index contributed by atoms with van der Waals surface area (Å²) in [5, 5.41) is 22.4. The molecule has 8 nitrogen and oxygen atoms in total. The van der Waals surface area contributed by atoms with Crippen molar-refractivity contribution in [2.75, 3.05) is 13.2 Å². The van der Waals surface area contributed by atoms with Gasteiger partial charge in [-0.15, -0.1) is 0 Å². The molecule has 0 aromatic heterocycles. The van der Waals surface area contributed by atoms with Crippen LogP contribution < -0.4 is 15.8 Å². The lowest BCUT2D eigenvalue weighted by Gasteiger charge is -2.36. The predicted molar refractivity (Wildman–Crippen MR) is 103 cm³/mol. The average Bonchev–Trinajstić information content (AvgIpc) is 2.93. The summed E-state index contributed by atoms with van der Waals surface area (Å²) in [5.41, 5.74) is 6.04. The van der Waals surface area contributed by atoms with Crippen LogP contribution in [0.15, 0.2) is 18.2 Å². The number of amides is 2. The van der Waals surface area contributed by atoms with Gasteiger partial charge in [-0.2, -0.15) is 0 Å². The van der Waals surface area contributed by atoms with Crippen LogP contribution in [-0.4, -0.2) is 58.6 Å². The molecule has 1 aromatic carbocycles. The minimum atomic E-state index is -1.16. The van der Waals surface area contributed by atoms with Crippen LogP contribution in [0.5, 0.6) is 5.75 Å². The Bertz CT molecular complexity index is 711. The monoisotopic (exact) mass is 391 g/mol. The summed E-state index contributed by atoms with van der Waals surface area (Å²) in [5.74, 6) is -0.492. The molecule has 3 unspecified atom stereocenters. The van der Waals surface area contributed by atoms with E-state index in [2.05, 4.69) is 5.32 Å². The van der Waals surface area contributed by atoms with Crippen LogP contribution in [0.1, 0.15) is 65.7 Å². The number of aliphatic hydroxyl groups is 2. The van der Waals surface area contributed by atoms with Gasteiger partial charge < -0.3 is 20.7 Å². The maximum absolute atomic E-state index is 13.0. The van der Waals surface area contributed by atoms with E-state index >= 15 is 0 Å². The molecule has 2 aliphatic rings. The predicted octanol–water partition coefficient (Wildman–Crippen LogP) is 0.959. The molecular weight excluding hydrogens is 362 g/mol. The third-order valence-corrected chi connectivity index (χ3v) is 5.31. The lowest BCUT2D eigenvalue weighted by atomic mass is 10.0. The standard InChI is InChI=1S/C20H29N3O5/c21-11-4-2-1-3-5-12-28-15-8-6-7-13-17(15)20(27)23(19(13)26)14-9-10-16(24)22-18(14)25/h6-8,14,16,18,22,24-25H,1-5,9-12,21H2. The normalized spacial score (nSPS) is 24.5. The molecular formula is C20H29N3O5. The van der Waals surface area contributed by atoms with Crippen LogP contribution in [0.2, 0.25) is 0 Å². The number of hydrogen-bond donors (Lipinski definition) is 4. The summed E-state index contributed by atoms with van der Waals surface area (Å²) in [6, 6.07) is 4.28. The van der Waals surface area contributed by atoms with E-state index in [0.29, 0.717) is 37.3 Å². The van der Waals surface area contributed by atoms with Crippen LogP contribution in [0.25, 0.3) is 0 Å². The molecule has 8 heteroatoms. The van der Waals surface area contributed by atoms with Gasteiger partial charge in [0.05, 0.1) is 23.8 Å². The molecule has 0 spiro atoms. The molecule has 2 heterocycles. The lowest BCUT2D eigenvalue weighted by molar-refractivity contribution is -0.0413. The molecule has 3 atom stereocenters. The van der Waals surface area contributed by atoms with Gasteiger partial charge >= 0.3 is 0 Å². The number of ether oxygens (including phenoxy) is 1. The Kier molecular flexibility index (Phi) is 7.01. The first-order chi connectivity index (χ1) is 13.5. The minimum Gasteiger partial charge on any atom is -0.493 e. The molecule has 1 fully saturated rings. The van der Waals surface area contributed by atoms with Gasteiger partial charge in [0.25, 0.3) is 11.8 Å². The Labute approximate surface area is 164 Å². The second-order valence-corrected chi connectivity index (χ2v) is 7.34. The molecule has 0 aliphatic carbocycles. The van der Waals surface area contributed by atoms with Crippen LogP contribution >= 0.6 is 0 Å². The van der Waals surface area contributed by atoms with Gasteiger partial charge in [0, 0.05) is 0 Å². The van der Waals surface area contributed by atoms with Crippen molar-refractivity contribution >= 4 is 11.8 Å². The Balaban J connectivity index is 1.65. The van der Waals surface area contributed by atoms with Crippen LogP contribution in [0.4, 0.5) is 0 Å². The van der Waals surface area contributed by atoms with E-state index in [9.17, 15) is 19.8 Å². The van der Waals surface area contributed by atoms with Gasteiger partial charge in [-0.05, 0) is 44.4 Å². The van der Waals surface area contributed by atoms with Crippen molar-refractivity contribution in [1.82, 2.24) is 10.2 Å². The third-order valence-electron chi connectivity index (χ3n) is 5.31. The number of rotatable bonds is 9. The molecule has 2 amide bonds. The number of nitrogens with zero attached hydrogens (tertiary/aromatic N) is 1. The molecule has 0 saturated carbocycles. The number of nitrogens with one attached hydrogen (secondary N) is 1. The number of aliphatic hydroxyl groups excluding tert-OH is 2. The summed E-state index contributed by atoms with van der Waals surface area (Å²) >= 11 is 0. The smallest absolute Gasteiger partial charge is 0.265 e. The maximum atomic E-state index is 13.0. The number of carbonyl (C=O) groups excluding carboxylic acids is 2. The zero-order valence-corrected chi connectivity index (χ0v) is 16.0. The van der Waals surface area contributed by atoms with E-state index in [1.54, 1.807) is 18.2 Å². The first-order valence-corrected chi connectivity index (χ1v) is 10.0. The highest BCUT2D eigenvalue weighted by molar-refractivity contribution is 6.22. The molecule has 5 N–H and O–H groups in total. The summed E-state index contributed by atoms with van der Waals surface area (Å²) in [7, 11) is 0. The lowest BCUT2D eigenvalue weighted by Crippen LogP contribution is -2.58. The number of piperidine rings is 1. The Morgan fingerprint density at radius 1 is 1.07 bits per heavy atom. The number of benzene rings is 1. The third kappa shape index (κ3) is 4.35. The Hall–Kier alpha value is -2.00. The van der Waals surface area contributed by atoms with Crippen LogP contribution in [-0.2, 0) is 0 Å². The highest BCUT2D eigenvalue weighted by Crippen LogP contribution is 2.34. The second kappa shape index (κ2) is 9.47. The van der Waals surface area contributed by atoms with Crippen molar-refractivity contribution < 1.29 is 24.5 Å². The zero-order valence-electron chi connectivity index (χ0n) is 16.0. The van der Waals surface area contributed by atoms with Gasteiger partial charge in [0.15, 0.2) is 0 Å². The summed E-state index contributed by atoms with van der Waals surface area (Å²) in [4.78, 5) is 26.9. The highest BCUT2D eigenvalue weighted by atomic mass is 16.5. The molecule has 2 aliphatic heterocycles. The largest absolute Gasteiger partial charge is 0.493 e. The average molecular weight is 391 g/mol.